The summed E-state index contributed by atoms with van der Waals surface area (Å²) in [5, 5.41) is 4.32. The van der Waals surface area contributed by atoms with Crippen molar-refractivity contribution in [2.45, 2.75) is 0 Å². The van der Waals surface area contributed by atoms with Gasteiger partial charge in [0.05, 0.1) is 6.54 Å². The highest BCUT2D eigenvalue weighted by atomic mass is 16.2. The summed E-state index contributed by atoms with van der Waals surface area (Å²) in [6, 6.07) is 7.22. The summed E-state index contributed by atoms with van der Waals surface area (Å²) >= 11 is 0. The van der Waals surface area contributed by atoms with Crippen molar-refractivity contribution in [2.75, 3.05) is 11.4 Å². The lowest BCUT2D eigenvalue weighted by Gasteiger charge is -2.16. The summed E-state index contributed by atoms with van der Waals surface area (Å²) in [4.78, 5) is 25.7. The third-order valence-electron chi connectivity index (χ3n) is 3.22. The molecule has 1 aromatic carbocycles. The fraction of sp³-hybridized carbons (Fsp3) is 0.143. The Morgan fingerprint density at radius 3 is 2.68 bits per heavy atom. The minimum atomic E-state index is -0.307. The zero-order chi connectivity index (χ0) is 13.6. The number of amides is 2. The second kappa shape index (κ2) is 3.98. The van der Waals surface area contributed by atoms with Crippen molar-refractivity contribution in [3.63, 3.8) is 0 Å². The second-order valence-corrected chi connectivity index (χ2v) is 4.60. The van der Waals surface area contributed by atoms with E-state index >= 15 is 0 Å². The van der Waals surface area contributed by atoms with E-state index in [4.69, 9.17) is 0 Å². The number of fused-ring (bicyclic) bond motifs is 1. The van der Waals surface area contributed by atoms with Crippen LogP contribution in [0.2, 0.25) is 0 Å². The van der Waals surface area contributed by atoms with Crippen molar-refractivity contribution < 1.29 is 4.79 Å². The van der Waals surface area contributed by atoms with Gasteiger partial charge in [0.2, 0.25) is 0 Å². The van der Waals surface area contributed by atoms with Crippen LogP contribution >= 0.6 is 0 Å². The molecule has 0 atom stereocenters. The zero-order valence-corrected chi connectivity index (χ0v) is 10.5. The molecule has 5 heteroatoms. The third-order valence-corrected chi connectivity index (χ3v) is 3.22. The predicted octanol–water partition coefficient (Wildman–Crippen LogP) is 1.58. The van der Waals surface area contributed by atoms with Gasteiger partial charge < -0.3 is 9.88 Å². The number of pyridine rings is 1. The molecule has 2 amide bonds. The molecule has 0 spiro atoms. The monoisotopic (exact) mass is 255 g/mol. The van der Waals surface area contributed by atoms with Crippen LogP contribution in [0.3, 0.4) is 0 Å². The van der Waals surface area contributed by atoms with Gasteiger partial charge in [-0.1, -0.05) is 30.8 Å². The maximum absolute atomic E-state index is 12.3. The number of urea groups is 1. The maximum atomic E-state index is 12.3. The van der Waals surface area contributed by atoms with Crippen molar-refractivity contribution in [3.8, 4) is 0 Å². The van der Waals surface area contributed by atoms with Crippen LogP contribution in [0.25, 0.3) is 10.8 Å². The van der Waals surface area contributed by atoms with Gasteiger partial charge in [0, 0.05) is 29.7 Å². The maximum Gasteiger partial charge on any atom is 0.326 e. The molecule has 0 unspecified atom stereocenters. The Morgan fingerprint density at radius 1 is 1.26 bits per heavy atom. The molecule has 0 radical (unpaired) electrons. The minimum absolute atomic E-state index is 0.191. The molecule has 1 aliphatic rings. The third kappa shape index (κ3) is 1.71. The van der Waals surface area contributed by atoms with E-state index in [0.717, 1.165) is 10.8 Å². The first-order chi connectivity index (χ1) is 9.08. The zero-order valence-electron chi connectivity index (χ0n) is 10.5. The number of nitrogens with one attached hydrogen (secondary N) is 1. The highest BCUT2D eigenvalue weighted by Gasteiger charge is 2.28. The molecule has 3 rings (SSSR count). The molecule has 2 aromatic rings. The second-order valence-electron chi connectivity index (χ2n) is 4.60. The first kappa shape index (κ1) is 11.5. The molecule has 96 valence electrons. The van der Waals surface area contributed by atoms with Crippen LogP contribution in [0.5, 0.6) is 0 Å². The van der Waals surface area contributed by atoms with Crippen LogP contribution in [0.15, 0.2) is 47.5 Å². The van der Waals surface area contributed by atoms with Crippen molar-refractivity contribution in [2.24, 2.45) is 7.05 Å². The van der Waals surface area contributed by atoms with Crippen LogP contribution in [0, 0.1) is 0 Å². The molecule has 5 nitrogen and oxygen atoms in total. The first-order valence-corrected chi connectivity index (χ1v) is 5.92. The average Bonchev–Trinajstić information content (AvgIpc) is 2.70. The van der Waals surface area contributed by atoms with Gasteiger partial charge in [0.1, 0.15) is 5.69 Å². The van der Waals surface area contributed by atoms with Crippen LogP contribution in [-0.4, -0.2) is 17.1 Å². The number of aryl methyl sites for hydroxylation is 1. The molecule has 1 aromatic heterocycles. The van der Waals surface area contributed by atoms with Gasteiger partial charge >= 0.3 is 6.03 Å². The topological polar surface area (TPSA) is 54.3 Å². The fourth-order valence-corrected chi connectivity index (χ4v) is 2.34. The SMILES string of the molecule is C=C1CN(c2c(=O)n(C)cc3ccccc23)C(=O)N1. The van der Waals surface area contributed by atoms with E-state index in [1.54, 1.807) is 13.2 Å². The van der Waals surface area contributed by atoms with Crippen LogP contribution in [0.1, 0.15) is 0 Å². The molecule has 1 aliphatic heterocycles. The summed E-state index contributed by atoms with van der Waals surface area (Å²) in [7, 11) is 1.68. The number of benzene rings is 1. The van der Waals surface area contributed by atoms with Gasteiger partial charge in [0.25, 0.3) is 5.56 Å². The van der Waals surface area contributed by atoms with E-state index < -0.39 is 0 Å². The normalized spacial score (nSPS) is 15.1. The number of hydrogen-bond acceptors (Lipinski definition) is 2. The molecule has 1 fully saturated rings. The Hall–Kier alpha value is -2.56. The predicted molar refractivity (Wildman–Crippen MR) is 74.2 cm³/mol. The van der Waals surface area contributed by atoms with Crippen LogP contribution in [-0.2, 0) is 7.05 Å². The Morgan fingerprint density at radius 2 is 2.00 bits per heavy atom. The van der Waals surface area contributed by atoms with E-state index in [1.807, 2.05) is 24.3 Å². The quantitative estimate of drug-likeness (QED) is 0.841. The average molecular weight is 255 g/mol. The van der Waals surface area contributed by atoms with Gasteiger partial charge in [-0.2, -0.15) is 0 Å². The van der Waals surface area contributed by atoms with Crippen LogP contribution in [0.4, 0.5) is 10.5 Å². The number of aromatic nitrogens is 1. The summed E-state index contributed by atoms with van der Waals surface area (Å²) in [5.74, 6) is 0. The summed E-state index contributed by atoms with van der Waals surface area (Å²) in [6.07, 6.45) is 1.77. The Labute approximate surface area is 109 Å². The molecule has 0 bridgehead atoms. The van der Waals surface area contributed by atoms with E-state index in [0.29, 0.717) is 17.9 Å². The molecule has 0 saturated carbocycles. The minimum Gasteiger partial charge on any atom is -0.316 e. The van der Waals surface area contributed by atoms with E-state index in [-0.39, 0.29) is 11.6 Å². The highest BCUT2D eigenvalue weighted by molar-refractivity contribution is 6.04. The largest absolute Gasteiger partial charge is 0.326 e. The number of hydrogen-bond donors (Lipinski definition) is 1. The van der Waals surface area contributed by atoms with Crippen molar-refractivity contribution >= 4 is 22.5 Å². The van der Waals surface area contributed by atoms with Gasteiger partial charge in [0.15, 0.2) is 0 Å². The Balaban J connectivity index is 2.33. The summed E-state index contributed by atoms with van der Waals surface area (Å²) < 4.78 is 1.49. The number of carbonyl (C=O) groups is 1. The highest BCUT2D eigenvalue weighted by Crippen LogP contribution is 2.25. The van der Waals surface area contributed by atoms with E-state index in [2.05, 4.69) is 11.9 Å². The smallest absolute Gasteiger partial charge is 0.316 e. The van der Waals surface area contributed by atoms with Crippen molar-refractivity contribution in [1.82, 2.24) is 9.88 Å². The van der Waals surface area contributed by atoms with Crippen LogP contribution < -0.4 is 15.8 Å². The summed E-state index contributed by atoms with van der Waals surface area (Å²) in [5.41, 5.74) is 0.806. The van der Waals surface area contributed by atoms with Gasteiger partial charge in [-0.3, -0.25) is 9.69 Å². The number of carbonyl (C=O) groups excluding carboxylic acids is 1. The molecular weight excluding hydrogens is 242 g/mol. The van der Waals surface area contributed by atoms with Gasteiger partial charge in [-0.05, 0) is 0 Å². The number of anilines is 1. The van der Waals surface area contributed by atoms with Crippen molar-refractivity contribution in [3.05, 3.63) is 53.1 Å². The number of nitrogens with zero attached hydrogens (tertiary/aromatic N) is 2. The van der Waals surface area contributed by atoms with Gasteiger partial charge in [-0.25, -0.2) is 4.79 Å². The van der Waals surface area contributed by atoms with E-state index in [9.17, 15) is 9.59 Å². The lowest BCUT2D eigenvalue weighted by molar-refractivity contribution is 0.252. The standard InChI is InChI=1S/C14H13N3O2/c1-9-7-17(14(19)15-9)12-11-6-4-3-5-10(11)8-16(2)13(12)18/h3-6,8H,1,7H2,2H3,(H,15,19). The number of rotatable bonds is 1. The fourth-order valence-electron chi connectivity index (χ4n) is 2.34. The molecule has 2 heterocycles. The van der Waals surface area contributed by atoms with Gasteiger partial charge in [-0.15, -0.1) is 0 Å². The first-order valence-electron chi connectivity index (χ1n) is 5.92. The molecule has 19 heavy (non-hydrogen) atoms. The lowest BCUT2D eigenvalue weighted by Crippen LogP contribution is -2.34. The Bertz CT molecular complexity index is 761. The lowest BCUT2D eigenvalue weighted by atomic mass is 10.1. The van der Waals surface area contributed by atoms with Crippen molar-refractivity contribution in [1.29, 1.82) is 0 Å². The molecule has 1 saturated heterocycles. The van der Waals surface area contributed by atoms with E-state index in [1.165, 1.54) is 9.47 Å². The molecular formula is C14H13N3O2. The summed E-state index contributed by atoms with van der Waals surface area (Å²) in [6.45, 7) is 4.05. The molecule has 0 aliphatic carbocycles. The molecule has 1 N–H and O–H groups in total. The Kier molecular flexibility index (Phi) is 2.41.